The second-order valence-electron chi connectivity index (χ2n) is 8.39. The maximum absolute atomic E-state index is 13.2. The fraction of sp³-hybridized carbons (Fsp3) is 0.154. The van der Waals surface area contributed by atoms with Gasteiger partial charge in [-0.15, -0.1) is 0 Å². The van der Waals surface area contributed by atoms with Gasteiger partial charge in [-0.05, 0) is 42.8 Å². The summed E-state index contributed by atoms with van der Waals surface area (Å²) >= 11 is 0. The molecule has 2 aliphatic rings. The van der Waals surface area contributed by atoms with Crippen LogP contribution in [0.25, 0.3) is 0 Å². The number of para-hydroxylation sites is 2. The Labute approximate surface area is 205 Å². The summed E-state index contributed by atoms with van der Waals surface area (Å²) < 4.78 is 0. The Hall–Kier alpha value is -4.86. The van der Waals surface area contributed by atoms with Crippen molar-refractivity contribution in [2.75, 3.05) is 29.4 Å². The van der Waals surface area contributed by atoms with Crippen LogP contribution < -0.4 is 9.80 Å². The molecule has 2 heterocycles. The van der Waals surface area contributed by atoms with Crippen LogP contribution in [0.4, 0.5) is 17.1 Å². The van der Waals surface area contributed by atoms with Gasteiger partial charge in [0.25, 0.3) is 23.4 Å². The van der Waals surface area contributed by atoms with Crippen molar-refractivity contribution in [2.45, 2.75) is 6.42 Å². The molecule has 3 aromatic rings. The van der Waals surface area contributed by atoms with Gasteiger partial charge in [0.2, 0.25) is 5.91 Å². The zero-order chi connectivity index (χ0) is 25.4. The number of fused-ring (bicyclic) bond motifs is 2. The minimum atomic E-state index is -0.548. The van der Waals surface area contributed by atoms with Crippen LogP contribution in [-0.2, 0) is 4.79 Å². The van der Waals surface area contributed by atoms with E-state index < -0.39 is 10.8 Å². The highest BCUT2D eigenvalue weighted by Gasteiger charge is 2.36. The van der Waals surface area contributed by atoms with E-state index in [9.17, 15) is 29.3 Å². The minimum Gasteiger partial charge on any atom is -0.309 e. The monoisotopic (exact) mass is 484 g/mol. The lowest BCUT2D eigenvalue weighted by atomic mass is 10.1. The molecule has 4 amide bonds. The van der Waals surface area contributed by atoms with E-state index in [1.807, 2.05) is 0 Å². The number of carbonyl (C=O) groups excluding carboxylic acids is 4. The number of nitro groups is 1. The van der Waals surface area contributed by atoms with Crippen molar-refractivity contribution in [1.82, 2.24) is 4.90 Å². The molecule has 0 atom stereocenters. The van der Waals surface area contributed by atoms with E-state index in [0.29, 0.717) is 28.9 Å². The van der Waals surface area contributed by atoms with Crippen LogP contribution in [0.2, 0.25) is 0 Å². The number of hydrogen-bond donors (Lipinski definition) is 0. The molecule has 0 spiro atoms. The van der Waals surface area contributed by atoms with Crippen LogP contribution in [-0.4, -0.2) is 53.1 Å². The summed E-state index contributed by atoms with van der Waals surface area (Å²) in [5.41, 5.74) is 1.91. The van der Waals surface area contributed by atoms with E-state index in [4.69, 9.17) is 0 Å². The summed E-state index contributed by atoms with van der Waals surface area (Å²) in [6.45, 7) is 0.201. The number of rotatable bonds is 6. The smallest absolute Gasteiger partial charge is 0.269 e. The van der Waals surface area contributed by atoms with E-state index in [2.05, 4.69) is 0 Å². The quantitative estimate of drug-likeness (QED) is 0.301. The van der Waals surface area contributed by atoms with Crippen molar-refractivity contribution >= 4 is 40.7 Å². The van der Waals surface area contributed by atoms with Crippen molar-refractivity contribution < 1.29 is 24.1 Å². The van der Waals surface area contributed by atoms with Gasteiger partial charge in [0.15, 0.2) is 0 Å². The van der Waals surface area contributed by atoms with Gasteiger partial charge >= 0.3 is 0 Å². The van der Waals surface area contributed by atoms with Gasteiger partial charge in [0.05, 0.1) is 27.4 Å². The minimum absolute atomic E-state index is 0.133. The lowest BCUT2D eigenvalue weighted by molar-refractivity contribution is -0.384. The Balaban J connectivity index is 1.31. The number of hydrogen-bond acceptors (Lipinski definition) is 6. The Morgan fingerprint density at radius 3 is 1.94 bits per heavy atom. The highest BCUT2D eigenvalue weighted by Crippen LogP contribution is 2.34. The van der Waals surface area contributed by atoms with Gasteiger partial charge < -0.3 is 4.90 Å². The van der Waals surface area contributed by atoms with Crippen LogP contribution in [0.5, 0.6) is 0 Å². The Morgan fingerprint density at radius 2 is 1.33 bits per heavy atom. The van der Waals surface area contributed by atoms with Gasteiger partial charge in [-0.3, -0.25) is 39.1 Å². The summed E-state index contributed by atoms with van der Waals surface area (Å²) in [5, 5.41) is 10.9. The predicted molar refractivity (Wildman–Crippen MR) is 130 cm³/mol. The number of nitrogens with zero attached hydrogens (tertiary/aromatic N) is 4. The molecule has 0 aromatic heterocycles. The molecule has 36 heavy (non-hydrogen) atoms. The first-order valence-electron chi connectivity index (χ1n) is 11.3. The zero-order valence-electron chi connectivity index (χ0n) is 19.0. The van der Waals surface area contributed by atoms with Crippen molar-refractivity contribution in [3.05, 3.63) is 99.6 Å². The standard InChI is InChI=1S/C26H20N4O6/c31-23-16-29(24(32)17-10-12-18(13-11-17)30(35)36)22-9-4-3-8-21(22)27(23)14-5-15-28-25(33)19-6-1-2-7-20(19)26(28)34/h1-4,6-13H,5,14-16H2. The van der Waals surface area contributed by atoms with Crippen LogP contribution in [0.15, 0.2) is 72.8 Å². The van der Waals surface area contributed by atoms with E-state index in [0.717, 1.165) is 0 Å². The fourth-order valence-corrected chi connectivity index (χ4v) is 4.50. The number of nitro benzene ring substituents is 1. The van der Waals surface area contributed by atoms with Gasteiger partial charge in [-0.2, -0.15) is 0 Å². The molecule has 0 saturated heterocycles. The third kappa shape index (κ3) is 3.88. The second-order valence-corrected chi connectivity index (χ2v) is 8.39. The molecule has 0 aliphatic carbocycles. The number of anilines is 2. The first kappa shape index (κ1) is 22.9. The molecular formula is C26H20N4O6. The van der Waals surface area contributed by atoms with Crippen molar-refractivity contribution in [3.8, 4) is 0 Å². The maximum atomic E-state index is 13.2. The van der Waals surface area contributed by atoms with Gasteiger partial charge in [0, 0.05) is 30.8 Å². The number of non-ortho nitro benzene ring substituents is 1. The van der Waals surface area contributed by atoms with E-state index >= 15 is 0 Å². The van der Waals surface area contributed by atoms with Gasteiger partial charge in [-0.1, -0.05) is 24.3 Å². The molecular weight excluding hydrogens is 464 g/mol. The van der Waals surface area contributed by atoms with E-state index in [1.54, 1.807) is 53.4 Å². The Kier molecular flexibility index (Phi) is 5.77. The molecule has 0 N–H and O–H groups in total. The third-order valence-corrected chi connectivity index (χ3v) is 6.27. The fourth-order valence-electron chi connectivity index (χ4n) is 4.50. The zero-order valence-corrected chi connectivity index (χ0v) is 19.0. The SMILES string of the molecule is O=C1c2ccccc2C(=O)N1CCCN1C(=O)CN(C(=O)c2ccc([N+](=O)[O-])cc2)c2ccccc21. The highest BCUT2D eigenvalue weighted by atomic mass is 16.6. The molecule has 5 rings (SSSR count). The summed E-state index contributed by atoms with van der Waals surface area (Å²) in [4.78, 5) is 65.9. The van der Waals surface area contributed by atoms with Gasteiger partial charge in [-0.25, -0.2) is 0 Å². The lowest BCUT2D eigenvalue weighted by Gasteiger charge is -2.36. The first-order valence-corrected chi connectivity index (χ1v) is 11.3. The molecule has 180 valence electrons. The lowest BCUT2D eigenvalue weighted by Crippen LogP contribution is -2.49. The van der Waals surface area contributed by atoms with E-state index in [-0.39, 0.29) is 48.6 Å². The van der Waals surface area contributed by atoms with Crippen LogP contribution >= 0.6 is 0 Å². The van der Waals surface area contributed by atoms with Crippen LogP contribution in [0.3, 0.4) is 0 Å². The molecule has 3 aromatic carbocycles. The Bertz CT molecular complexity index is 1380. The molecule has 0 radical (unpaired) electrons. The maximum Gasteiger partial charge on any atom is 0.269 e. The molecule has 0 unspecified atom stereocenters. The molecule has 0 bridgehead atoms. The first-order chi connectivity index (χ1) is 17.4. The van der Waals surface area contributed by atoms with Crippen LogP contribution in [0.1, 0.15) is 37.5 Å². The molecule has 0 fully saturated rings. The molecule has 0 saturated carbocycles. The summed E-state index contributed by atoms with van der Waals surface area (Å²) in [7, 11) is 0. The highest BCUT2D eigenvalue weighted by molar-refractivity contribution is 6.21. The molecule has 2 aliphatic heterocycles. The number of amides is 4. The van der Waals surface area contributed by atoms with Crippen molar-refractivity contribution in [3.63, 3.8) is 0 Å². The topological polar surface area (TPSA) is 121 Å². The second kappa shape index (κ2) is 9.06. The summed E-state index contributed by atoms with van der Waals surface area (Å²) in [5.74, 6) is -1.45. The summed E-state index contributed by atoms with van der Waals surface area (Å²) in [6, 6.07) is 18.8. The molecule has 10 nitrogen and oxygen atoms in total. The number of benzene rings is 3. The summed E-state index contributed by atoms with van der Waals surface area (Å²) in [6.07, 6.45) is 0.363. The number of imide groups is 1. The van der Waals surface area contributed by atoms with Crippen molar-refractivity contribution in [1.29, 1.82) is 0 Å². The molecule has 10 heteroatoms. The Morgan fingerprint density at radius 1 is 0.778 bits per heavy atom. The average molecular weight is 484 g/mol. The van der Waals surface area contributed by atoms with Crippen molar-refractivity contribution in [2.24, 2.45) is 0 Å². The normalized spacial score (nSPS) is 14.7. The van der Waals surface area contributed by atoms with Crippen LogP contribution in [0, 0.1) is 10.1 Å². The largest absolute Gasteiger partial charge is 0.309 e. The van der Waals surface area contributed by atoms with E-state index in [1.165, 1.54) is 34.1 Å². The third-order valence-electron chi connectivity index (χ3n) is 6.27. The average Bonchev–Trinajstić information content (AvgIpc) is 3.14. The number of carbonyl (C=O) groups is 4. The predicted octanol–water partition coefficient (Wildman–Crippen LogP) is 3.27. The van der Waals surface area contributed by atoms with Gasteiger partial charge in [0.1, 0.15) is 6.54 Å².